The summed E-state index contributed by atoms with van der Waals surface area (Å²) in [7, 11) is -3.59. The number of alkyl halides is 3. The van der Waals surface area contributed by atoms with E-state index in [1.807, 2.05) is 0 Å². The Morgan fingerprint density at radius 1 is 0.848 bits per heavy atom. The number of hydrogen-bond acceptors (Lipinski definition) is 4. The summed E-state index contributed by atoms with van der Waals surface area (Å²) in [5.41, 5.74) is 1.29. The van der Waals surface area contributed by atoms with Gasteiger partial charge in [-0.3, -0.25) is 9.52 Å². The molecule has 3 aromatic carbocycles. The van der Waals surface area contributed by atoms with E-state index in [-0.39, 0.29) is 24.3 Å². The van der Waals surface area contributed by atoms with Gasteiger partial charge in [0.05, 0.1) is 11.8 Å². The molecule has 0 aliphatic rings. The molecule has 6 nitrogen and oxygen atoms in total. The third kappa shape index (κ3) is 7.62. The minimum atomic E-state index is -4.43. The van der Waals surface area contributed by atoms with Crippen molar-refractivity contribution in [1.82, 2.24) is 5.32 Å². The third-order valence-corrected chi connectivity index (χ3v) is 5.11. The monoisotopic (exact) mass is 477 g/mol. The van der Waals surface area contributed by atoms with E-state index in [1.165, 1.54) is 12.1 Å². The van der Waals surface area contributed by atoms with Crippen molar-refractivity contribution in [3.8, 4) is 0 Å². The van der Waals surface area contributed by atoms with Gasteiger partial charge in [0.15, 0.2) is 0 Å². The van der Waals surface area contributed by atoms with Crippen LogP contribution in [0, 0.1) is 0 Å². The molecule has 0 fully saturated rings. The molecule has 0 atom stereocenters. The van der Waals surface area contributed by atoms with Crippen molar-refractivity contribution in [2.75, 3.05) is 16.3 Å². The van der Waals surface area contributed by atoms with Crippen LogP contribution >= 0.6 is 0 Å². The summed E-state index contributed by atoms with van der Waals surface area (Å²) in [6, 6.07) is 18.3. The number of halogens is 3. The zero-order valence-corrected chi connectivity index (χ0v) is 18.4. The molecule has 0 spiro atoms. The van der Waals surface area contributed by atoms with Crippen LogP contribution in [0.2, 0.25) is 0 Å². The molecular weight excluding hydrogens is 455 g/mol. The Morgan fingerprint density at radius 2 is 1.55 bits per heavy atom. The van der Waals surface area contributed by atoms with Crippen molar-refractivity contribution in [3.63, 3.8) is 0 Å². The van der Waals surface area contributed by atoms with Crippen molar-refractivity contribution in [2.45, 2.75) is 19.3 Å². The highest BCUT2D eigenvalue weighted by Crippen LogP contribution is 2.29. The second-order valence-electron chi connectivity index (χ2n) is 7.41. The Bertz CT molecular complexity index is 1230. The first-order chi connectivity index (χ1) is 15.5. The van der Waals surface area contributed by atoms with E-state index >= 15 is 0 Å². The van der Waals surface area contributed by atoms with E-state index in [2.05, 4.69) is 15.4 Å². The van der Waals surface area contributed by atoms with Gasteiger partial charge in [-0.25, -0.2) is 8.42 Å². The van der Waals surface area contributed by atoms with Crippen molar-refractivity contribution in [2.24, 2.45) is 0 Å². The fraction of sp³-hybridized carbons (Fsp3) is 0.174. The van der Waals surface area contributed by atoms with Crippen LogP contribution < -0.4 is 15.4 Å². The molecule has 174 valence electrons. The van der Waals surface area contributed by atoms with Gasteiger partial charge >= 0.3 is 6.18 Å². The highest BCUT2D eigenvalue weighted by molar-refractivity contribution is 7.92. The number of benzene rings is 3. The Balaban J connectivity index is 1.77. The summed E-state index contributed by atoms with van der Waals surface area (Å²) < 4.78 is 64.4. The van der Waals surface area contributed by atoms with E-state index in [0.29, 0.717) is 16.8 Å². The van der Waals surface area contributed by atoms with Crippen LogP contribution in [0.3, 0.4) is 0 Å². The lowest BCUT2D eigenvalue weighted by Crippen LogP contribution is -2.17. The molecule has 0 saturated carbocycles. The van der Waals surface area contributed by atoms with Crippen molar-refractivity contribution in [3.05, 3.63) is 95.1 Å². The van der Waals surface area contributed by atoms with Gasteiger partial charge in [0.1, 0.15) is 0 Å². The van der Waals surface area contributed by atoms with Gasteiger partial charge in [-0.15, -0.1) is 0 Å². The van der Waals surface area contributed by atoms with E-state index in [1.54, 1.807) is 48.5 Å². The average Bonchev–Trinajstić information content (AvgIpc) is 2.73. The lowest BCUT2D eigenvalue weighted by atomic mass is 10.1. The first-order valence-corrected chi connectivity index (χ1v) is 11.7. The number of amides is 1. The molecule has 33 heavy (non-hydrogen) atoms. The lowest BCUT2D eigenvalue weighted by molar-refractivity contribution is -0.137. The number of carbonyl (C=O) groups is 1. The SMILES string of the molecule is CS(=O)(=O)Nc1cc(CNCc2cccc(C(F)(F)F)c2)cc(C(=O)Nc2ccccc2)c1. The summed E-state index contributed by atoms with van der Waals surface area (Å²) in [5, 5.41) is 5.76. The number of sulfonamides is 1. The minimum absolute atomic E-state index is 0.152. The van der Waals surface area contributed by atoms with Crippen molar-refractivity contribution < 1.29 is 26.4 Å². The van der Waals surface area contributed by atoms with E-state index < -0.39 is 27.7 Å². The first-order valence-electron chi connectivity index (χ1n) is 9.85. The standard InChI is InChI=1S/C23H22F3N3O3S/c1-33(31,32)29-21-12-17(10-18(13-21)22(30)28-20-8-3-2-4-9-20)15-27-14-16-6-5-7-19(11-16)23(24,25)26/h2-13,27,29H,14-15H2,1H3,(H,28,30). The summed E-state index contributed by atoms with van der Waals surface area (Å²) in [6.07, 6.45) is -3.43. The largest absolute Gasteiger partial charge is 0.416 e. The maximum Gasteiger partial charge on any atom is 0.416 e. The fourth-order valence-corrected chi connectivity index (χ4v) is 3.68. The Hall–Kier alpha value is -3.37. The number of anilines is 2. The molecule has 0 bridgehead atoms. The molecule has 3 N–H and O–H groups in total. The number of nitrogens with one attached hydrogen (secondary N) is 3. The predicted molar refractivity (Wildman–Crippen MR) is 121 cm³/mol. The van der Waals surface area contributed by atoms with Crippen LogP contribution in [-0.2, 0) is 29.3 Å². The average molecular weight is 478 g/mol. The molecule has 0 radical (unpaired) electrons. The van der Waals surface area contributed by atoms with Crippen LogP contribution in [0.5, 0.6) is 0 Å². The van der Waals surface area contributed by atoms with Crippen LogP contribution in [0.4, 0.5) is 24.5 Å². The lowest BCUT2D eigenvalue weighted by Gasteiger charge is -2.13. The fourth-order valence-electron chi connectivity index (χ4n) is 3.13. The van der Waals surface area contributed by atoms with Crippen LogP contribution in [-0.4, -0.2) is 20.6 Å². The van der Waals surface area contributed by atoms with E-state index in [4.69, 9.17) is 0 Å². The molecule has 0 saturated heterocycles. The maximum atomic E-state index is 12.9. The second-order valence-corrected chi connectivity index (χ2v) is 9.16. The van der Waals surface area contributed by atoms with Gasteiger partial charge in [-0.2, -0.15) is 13.2 Å². The summed E-state index contributed by atoms with van der Waals surface area (Å²) in [5.74, 6) is -0.433. The highest BCUT2D eigenvalue weighted by Gasteiger charge is 2.30. The second kappa shape index (κ2) is 10.1. The summed E-state index contributed by atoms with van der Waals surface area (Å²) in [6.45, 7) is 0.348. The smallest absolute Gasteiger partial charge is 0.322 e. The van der Waals surface area contributed by atoms with Crippen LogP contribution in [0.1, 0.15) is 27.0 Å². The predicted octanol–water partition coefficient (Wildman–Crippen LogP) is 4.62. The van der Waals surface area contributed by atoms with Crippen molar-refractivity contribution in [1.29, 1.82) is 0 Å². The molecule has 0 aliphatic heterocycles. The molecule has 10 heteroatoms. The van der Waals surface area contributed by atoms with E-state index in [0.717, 1.165) is 18.4 Å². The Morgan fingerprint density at radius 3 is 2.21 bits per heavy atom. The van der Waals surface area contributed by atoms with Crippen LogP contribution in [0.25, 0.3) is 0 Å². The molecule has 3 rings (SSSR count). The number of rotatable bonds is 8. The number of hydrogen-bond donors (Lipinski definition) is 3. The van der Waals surface area contributed by atoms with Gasteiger partial charge < -0.3 is 10.6 Å². The Kier molecular flexibility index (Phi) is 7.39. The third-order valence-electron chi connectivity index (χ3n) is 4.50. The van der Waals surface area contributed by atoms with Gasteiger partial charge in [0.25, 0.3) is 5.91 Å². The zero-order valence-electron chi connectivity index (χ0n) is 17.6. The topological polar surface area (TPSA) is 87.3 Å². The quantitative estimate of drug-likeness (QED) is 0.442. The van der Waals surface area contributed by atoms with Gasteiger partial charge in [-0.05, 0) is 47.5 Å². The van der Waals surface area contributed by atoms with Gasteiger partial charge in [0, 0.05) is 30.0 Å². The number of para-hydroxylation sites is 1. The molecule has 0 unspecified atom stereocenters. The maximum absolute atomic E-state index is 12.9. The number of carbonyl (C=O) groups excluding carboxylic acids is 1. The van der Waals surface area contributed by atoms with Gasteiger partial charge in [-0.1, -0.05) is 36.4 Å². The molecular formula is C23H22F3N3O3S. The summed E-state index contributed by atoms with van der Waals surface area (Å²) >= 11 is 0. The summed E-state index contributed by atoms with van der Waals surface area (Å²) in [4.78, 5) is 12.7. The van der Waals surface area contributed by atoms with E-state index in [9.17, 15) is 26.4 Å². The Labute approximate surface area is 189 Å². The zero-order chi connectivity index (χ0) is 24.1. The highest BCUT2D eigenvalue weighted by atomic mass is 32.2. The van der Waals surface area contributed by atoms with Crippen LogP contribution in [0.15, 0.2) is 72.8 Å². The normalized spacial score (nSPS) is 11.8. The molecule has 1 amide bonds. The van der Waals surface area contributed by atoms with Gasteiger partial charge in [0.2, 0.25) is 10.0 Å². The molecule has 3 aromatic rings. The first kappa shape index (κ1) is 24.3. The molecule has 0 aromatic heterocycles. The van der Waals surface area contributed by atoms with Crippen molar-refractivity contribution >= 4 is 27.3 Å². The minimum Gasteiger partial charge on any atom is -0.322 e. The molecule has 0 aliphatic carbocycles. The molecule has 0 heterocycles.